The minimum atomic E-state index is 0.283. The topological polar surface area (TPSA) is 20.3 Å². The average Bonchev–Trinajstić information content (AvgIpc) is 2.48. The fraction of sp³-hybridized carbons (Fsp3) is 0.588. The van der Waals surface area contributed by atoms with Gasteiger partial charge in [-0.15, -0.1) is 0 Å². The van der Waals surface area contributed by atoms with Crippen LogP contribution in [0.2, 0.25) is 0 Å². The van der Waals surface area contributed by atoms with Crippen molar-refractivity contribution in [2.24, 2.45) is 0 Å². The van der Waals surface area contributed by atoms with Crippen molar-refractivity contribution in [1.82, 2.24) is 4.90 Å². The van der Waals surface area contributed by atoms with E-state index in [-0.39, 0.29) is 5.78 Å². The minimum Gasteiger partial charge on any atom is -0.300 e. The van der Waals surface area contributed by atoms with Gasteiger partial charge in [0, 0.05) is 18.0 Å². The number of likely N-dealkylation sites (tertiary alicyclic amines) is 1. The van der Waals surface area contributed by atoms with Gasteiger partial charge in [0.25, 0.3) is 0 Å². The van der Waals surface area contributed by atoms with Crippen LogP contribution in [0.15, 0.2) is 30.3 Å². The molecular weight excluding hydrogens is 234 g/mol. The summed E-state index contributed by atoms with van der Waals surface area (Å²) in [6, 6.07) is 10.4. The van der Waals surface area contributed by atoms with Crippen molar-refractivity contribution in [3.8, 4) is 0 Å². The first-order valence-electron chi connectivity index (χ1n) is 7.63. The first-order chi connectivity index (χ1) is 9.31. The highest BCUT2D eigenvalue weighted by atomic mass is 16.1. The molecule has 0 saturated carbocycles. The van der Waals surface area contributed by atoms with Crippen LogP contribution in [-0.4, -0.2) is 29.8 Å². The highest BCUT2D eigenvalue weighted by Gasteiger charge is 2.20. The third-order valence-electron chi connectivity index (χ3n) is 4.17. The Labute approximate surface area is 116 Å². The van der Waals surface area contributed by atoms with Crippen LogP contribution in [0, 0.1) is 0 Å². The number of hydrogen-bond donors (Lipinski definition) is 0. The van der Waals surface area contributed by atoms with Crippen LogP contribution >= 0.6 is 0 Å². The number of hydrogen-bond acceptors (Lipinski definition) is 2. The Balaban J connectivity index is 1.75. The van der Waals surface area contributed by atoms with Crippen LogP contribution in [-0.2, 0) is 0 Å². The number of rotatable bonds is 6. The summed E-state index contributed by atoms with van der Waals surface area (Å²) in [6.07, 6.45) is 6.94. The third kappa shape index (κ3) is 4.17. The molecule has 1 saturated heterocycles. The largest absolute Gasteiger partial charge is 0.300 e. The lowest BCUT2D eigenvalue weighted by Gasteiger charge is -2.35. The number of ketones is 1. The Morgan fingerprint density at radius 3 is 2.79 bits per heavy atom. The van der Waals surface area contributed by atoms with Crippen molar-refractivity contribution in [2.45, 2.75) is 51.5 Å². The maximum atomic E-state index is 12.0. The molecule has 1 aliphatic rings. The molecule has 0 N–H and O–H groups in total. The second kappa shape index (κ2) is 7.44. The zero-order chi connectivity index (χ0) is 13.5. The van der Waals surface area contributed by atoms with E-state index in [2.05, 4.69) is 11.8 Å². The number of benzene rings is 1. The van der Waals surface area contributed by atoms with Gasteiger partial charge in [0.05, 0.1) is 0 Å². The Morgan fingerprint density at radius 1 is 1.26 bits per heavy atom. The quantitative estimate of drug-likeness (QED) is 0.722. The molecule has 0 bridgehead atoms. The highest BCUT2D eigenvalue weighted by Crippen LogP contribution is 2.20. The fourth-order valence-electron chi connectivity index (χ4n) is 3.03. The van der Waals surface area contributed by atoms with Gasteiger partial charge >= 0.3 is 0 Å². The van der Waals surface area contributed by atoms with Gasteiger partial charge in [-0.1, -0.05) is 43.7 Å². The molecule has 1 unspecified atom stereocenters. The average molecular weight is 259 g/mol. The lowest BCUT2D eigenvalue weighted by molar-refractivity contribution is 0.0960. The van der Waals surface area contributed by atoms with Crippen molar-refractivity contribution in [3.05, 3.63) is 35.9 Å². The Morgan fingerprint density at radius 2 is 2.05 bits per heavy atom. The number of Topliss-reactive ketones (excluding diaryl/α,β-unsaturated/α-hetero) is 1. The molecule has 0 spiro atoms. The lowest BCUT2D eigenvalue weighted by Crippen LogP contribution is -2.39. The molecule has 2 rings (SSSR count). The first-order valence-corrected chi connectivity index (χ1v) is 7.63. The second-order valence-corrected chi connectivity index (χ2v) is 5.49. The smallest absolute Gasteiger partial charge is 0.162 e. The van der Waals surface area contributed by atoms with Crippen molar-refractivity contribution < 1.29 is 4.79 Å². The molecule has 0 amide bonds. The summed E-state index contributed by atoms with van der Waals surface area (Å²) in [7, 11) is 0. The predicted molar refractivity (Wildman–Crippen MR) is 79.5 cm³/mol. The van der Waals surface area contributed by atoms with E-state index in [1.54, 1.807) is 0 Å². The summed E-state index contributed by atoms with van der Waals surface area (Å²) in [5.41, 5.74) is 0.855. The predicted octanol–water partition coefficient (Wildman–Crippen LogP) is 3.91. The lowest BCUT2D eigenvalue weighted by atomic mass is 9.99. The van der Waals surface area contributed by atoms with Gasteiger partial charge in [0.15, 0.2) is 5.78 Å². The molecule has 1 aromatic rings. The van der Waals surface area contributed by atoms with E-state index in [0.717, 1.165) is 24.6 Å². The summed E-state index contributed by atoms with van der Waals surface area (Å²) >= 11 is 0. The van der Waals surface area contributed by atoms with Gasteiger partial charge < -0.3 is 4.90 Å². The summed E-state index contributed by atoms with van der Waals surface area (Å²) in [5.74, 6) is 0.283. The van der Waals surface area contributed by atoms with E-state index in [0.29, 0.717) is 6.42 Å². The molecule has 0 radical (unpaired) electrons. The molecule has 1 aromatic carbocycles. The molecule has 0 aliphatic carbocycles. The molecule has 1 heterocycles. The van der Waals surface area contributed by atoms with Crippen LogP contribution < -0.4 is 0 Å². The molecule has 104 valence electrons. The number of carbonyl (C=O) groups is 1. The Kier molecular flexibility index (Phi) is 5.59. The highest BCUT2D eigenvalue weighted by molar-refractivity contribution is 5.95. The van der Waals surface area contributed by atoms with Crippen LogP contribution in [0.1, 0.15) is 55.8 Å². The minimum absolute atomic E-state index is 0.283. The molecule has 1 atom stereocenters. The monoisotopic (exact) mass is 259 g/mol. The molecule has 0 aromatic heterocycles. The van der Waals surface area contributed by atoms with Gasteiger partial charge in [0.2, 0.25) is 0 Å². The van der Waals surface area contributed by atoms with E-state index < -0.39 is 0 Å². The maximum Gasteiger partial charge on any atom is 0.162 e. The van der Waals surface area contributed by atoms with Gasteiger partial charge in [-0.05, 0) is 38.8 Å². The van der Waals surface area contributed by atoms with E-state index in [1.165, 1.54) is 32.2 Å². The third-order valence-corrected chi connectivity index (χ3v) is 4.17. The first kappa shape index (κ1) is 14.3. The van der Waals surface area contributed by atoms with Gasteiger partial charge in [-0.2, -0.15) is 0 Å². The Bertz CT molecular complexity index is 388. The van der Waals surface area contributed by atoms with E-state index in [1.807, 2.05) is 30.3 Å². The Hall–Kier alpha value is -1.15. The summed E-state index contributed by atoms with van der Waals surface area (Å²) in [5, 5.41) is 0. The normalized spacial score (nSPS) is 20.4. The van der Waals surface area contributed by atoms with Gasteiger partial charge in [-0.3, -0.25) is 4.79 Å². The molecular formula is C17H25NO. The zero-order valence-corrected chi connectivity index (χ0v) is 12.0. The molecule has 1 aliphatic heterocycles. The maximum absolute atomic E-state index is 12.0. The van der Waals surface area contributed by atoms with Crippen LogP contribution in [0.5, 0.6) is 0 Å². The molecule has 19 heavy (non-hydrogen) atoms. The summed E-state index contributed by atoms with van der Waals surface area (Å²) in [6.45, 7) is 4.58. The van der Waals surface area contributed by atoms with E-state index in [4.69, 9.17) is 0 Å². The van der Waals surface area contributed by atoms with Crippen molar-refractivity contribution in [2.75, 3.05) is 13.1 Å². The van der Waals surface area contributed by atoms with Crippen molar-refractivity contribution in [3.63, 3.8) is 0 Å². The standard InChI is InChI=1S/C17H25NO/c1-2-16-11-6-7-13-18(16)14-8-12-17(19)15-9-4-3-5-10-15/h3-5,9-10,16H,2,6-8,11-14H2,1H3. The second-order valence-electron chi connectivity index (χ2n) is 5.49. The van der Waals surface area contributed by atoms with Crippen molar-refractivity contribution >= 4 is 5.78 Å². The van der Waals surface area contributed by atoms with Crippen LogP contribution in [0.3, 0.4) is 0 Å². The SMILES string of the molecule is CCC1CCCCN1CCCC(=O)c1ccccc1. The van der Waals surface area contributed by atoms with Crippen LogP contribution in [0.4, 0.5) is 0 Å². The van der Waals surface area contributed by atoms with E-state index >= 15 is 0 Å². The van der Waals surface area contributed by atoms with Crippen LogP contribution in [0.25, 0.3) is 0 Å². The van der Waals surface area contributed by atoms with Gasteiger partial charge in [0.1, 0.15) is 0 Å². The summed E-state index contributed by atoms with van der Waals surface area (Å²) in [4.78, 5) is 14.6. The van der Waals surface area contributed by atoms with E-state index in [9.17, 15) is 4.79 Å². The fourth-order valence-corrected chi connectivity index (χ4v) is 3.03. The zero-order valence-electron chi connectivity index (χ0n) is 12.0. The van der Waals surface area contributed by atoms with Crippen molar-refractivity contribution in [1.29, 1.82) is 0 Å². The molecule has 2 nitrogen and oxygen atoms in total. The molecule has 2 heteroatoms. The molecule has 1 fully saturated rings. The number of nitrogens with zero attached hydrogens (tertiary/aromatic N) is 1. The van der Waals surface area contributed by atoms with Gasteiger partial charge in [-0.25, -0.2) is 0 Å². The summed E-state index contributed by atoms with van der Waals surface area (Å²) < 4.78 is 0. The number of carbonyl (C=O) groups excluding carboxylic acids is 1. The number of piperidine rings is 1.